The van der Waals surface area contributed by atoms with E-state index in [4.69, 9.17) is 9.47 Å². The fraction of sp³-hybridized carbons (Fsp3) is 0.500. The quantitative estimate of drug-likeness (QED) is 0.876. The molecule has 1 saturated heterocycles. The van der Waals surface area contributed by atoms with E-state index >= 15 is 0 Å². The lowest BCUT2D eigenvalue weighted by atomic mass is 9.90. The summed E-state index contributed by atoms with van der Waals surface area (Å²) in [6, 6.07) is 10.2. The summed E-state index contributed by atoms with van der Waals surface area (Å²) < 4.78 is 10.8. The molecule has 1 aliphatic rings. The van der Waals surface area contributed by atoms with Crippen molar-refractivity contribution in [1.29, 1.82) is 0 Å². The summed E-state index contributed by atoms with van der Waals surface area (Å²) in [5.74, 6) is 0.266. The van der Waals surface area contributed by atoms with Crippen LogP contribution >= 0.6 is 0 Å². The van der Waals surface area contributed by atoms with Gasteiger partial charge >= 0.3 is 0 Å². The number of hydrogen-bond donors (Lipinski definition) is 1. The number of nitrogens with one attached hydrogen (secondary N) is 1. The standard InChI is InChI=1S/C20H26N2O3/c1-20(2,13-24-3)19(23)22-18-12-25-11-15(18)10-14-8-9-21-17-7-5-4-6-16(14)17/h4-9,15,18H,10-13H2,1-3H3,(H,22,23). The maximum atomic E-state index is 12.6. The van der Waals surface area contributed by atoms with Gasteiger partial charge in [-0.05, 0) is 38.0 Å². The molecule has 2 heterocycles. The molecule has 1 aromatic carbocycles. The average Bonchev–Trinajstić information content (AvgIpc) is 3.02. The third-order valence-electron chi connectivity index (χ3n) is 4.86. The molecule has 1 aliphatic heterocycles. The maximum absolute atomic E-state index is 12.6. The third kappa shape index (κ3) is 3.99. The number of rotatable bonds is 6. The summed E-state index contributed by atoms with van der Waals surface area (Å²) in [7, 11) is 1.62. The molecule has 0 spiro atoms. The van der Waals surface area contributed by atoms with Crippen LogP contribution in [0.5, 0.6) is 0 Å². The van der Waals surface area contributed by atoms with Gasteiger partial charge in [0.25, 0.3) is 0 Å². The van der Waals surface area contributed by atoms with Crippen LogP contribution in [0.4, 0.5) is 0 Å². The first kappa shape index (κ1) is 17.8. The molecular weight excluding hydrogens is 316 g/mol. The molecule has 2 atom stereocenters. The van der Waals surface area contributed by atoms with Crippen molar-refractivity contribution in [3.05, 3.63) is 42.1 Å². The van der Waals surface area contributed by atoms with Crippen LogP contribution in [-0.2, 0) is 20.7 Å². The van der Waals surface area contributed by atoms with Gasteiger partial charge in [-0.25, -0.2) is 0 Å². The van der Waals surface area contributed by atoms with Gasteiger partial charge in [-0.1, -0.05) is 18.2 Å². The molecule has 2 unspecified atom stereocenters. The monoisotopic (exact) mass is 342 g/mol. The molecule has 1 aromatic heterocycles. The number of aromatic nitrogens is 1. The molecule has 5 nitrogen and oxygen atoms in total. The van der Waals surface area contributed by atoms with Gasteiger partial charge in [0.15, 0.2) is 0 Å². The fourth-order valence-corrected chi connectivity index (χ4v) is 3.37. The summed E-state index contributed by atoms with van der Waals surface area (Å²) in [5.41, 5.74) is 1.70. The van der Waals surface area contributed by atoms with Crippen molar-refractivity contribution in [1.82, 2.24) is 10.3 Å². The highest BCUT2D eigenvalue weighted by atomic mass is 16.5. The van der Waals surface area contributed by atoms with Crippen LogP contribution in [0.25, 0.3) is 10.9 Å². The van der Waals surface area contributed by atoms with E-state index in [0.29, 0.717) is 19.8 Å². The Morgan fingerprint density at radius 2 is 2.12 bits per heavy atom. The van der Waals surface area contributed by atoms with Crippen LogP contribution in [-0.4, -0.2) is 43.9 Å². The topological polar surface area (TPSA) is 60.5 Å². The van der Waals surface area contributed by atoms with E-state index in [1.54, 1.807) is 7.11 Å². The molecule has 0 aliphatic carbocycles. The summed E-state index contributed by atoms with van der Waals surface area (Å²) in [6.45, 7) is 5.40. The number of hydrogen-bond acceptors (Lipinski definition) is 4. The van der Waals surface area contributed by atoms with Gasteiger partial charge in [0.1, 0.15) is 0 Å². The lowest BCUT2D eigenvalue weighted by molar-refractivity contribution is -0.132. The van der Waals surface area contributed by atoms with Crippen molar-refractivity contribution in [2.24, 2.45) is 11.3 Å². The minimum atomic E-state index is -0.550. The van der Waals surface area contributed by atoms with Crippen LogP contribution < -0.4 is 5.32 Å². The van der Waals surface area contributed by atoms with E-state index in [9.17, 15) is 4.79 Å². The zero-order valence-electron chi connectivity index (χ0n) is 15.1. The zero-order chi connectivity index (χ0) is 17.9. The predicted molar refractivity (Wildman–Crippen MR) is 97.3 cm³/mol. The molecular formula is C20H26N2O3. The summed E-state index contributed by atoms with van der Waals surface area (Å²) in [4.78, 5) is 17.0. The largest absolute Gasteiger partial charge is 0.384 e. The molecule has 25 heavy (non-hydrogen) atoms. The van der Waals surface area contributed by atoms with E-state index in [1.807, 2.05) is 38.2 Å². The number of fused-ring (bicyclic) bond motifs is 1. The molecule has 0 radical (unpaired) electrons. The van der Waals surface area contributed by atoms with Crippen molar-refractivity contribution in [2.75, 3.05) is 26.9 Å². The molecule has 2 aromatic rings. The van der Waals surface area contributed by atoms with Gasteiger partial charge in [-0.3, -0.25) is 9.78 Å². The Hall–Kier alpha value is -1.98. The van der Waals surface area contributed by atoms with Gasteiger partial charge in [-0.2, -0.15) is 0 Å². The predicted octanol–water partition coefficient (Wildman–Crippen LogP) is 2.58. The highest BCUT2D eigenvalue weighted by Gasteiger charge is 2.35. The molecule has 1 N–H and O–H groups in total. The molecule has 5 heteroatoms. The second-order valence-corrected chi connectivity index (χ2v) is 7.39. The van der Waals surface area contributed by atoms with Crippen molar-refractivity contribution >= 4 is 16.8 Å². The minimum Gasteiger partial charge on any atom is -0.384 e. The number of benzene rings is 1. The molecule has 0 saturated carbocycles. The summed E-state index contributed by atoms with van der Waals surface area (Å²) in [6.07, 6.45) is 2.71. The summed E-state index contributed by atoms with van der Waals surface area (Å²) in [5, 5.41) is 4.33. The average molecular weight is 342 g/mol. The molecule has 1 fully saturated rings. The second-order valence-electron chi connectivity index (χ2n) is 7.39. The Morgan fingerprint density at radius 1 is 1.32 bits per heavy atom. The van der Waals surface area contributed by atoms with Crippen molar-refractivity contribution in [2.45, 2.75) is 26.3 Å². The number of para-hydroxylation sites is 1. The van der Waals surface area contributed by atoms with Gasteiger partial charge in [0.05, 0.1) is 36.8 Å². The van der Waals surface area contributed by atoms with Crippen molar-refractivity contribution in [3.8, 4) is 0 Å². The lowest BCUT2D eigenvalue weighted by Gasteiger charge is -2.27. The van der Waals surface area contributed by atoms with Gasteiger partial charge in [-0.15, -0.1) is 0 Å². The molecule has 0 bridgehead atoms. The third-order valence-corrected chi connectivity index (χ3v) is 4.86. The first-order valence-corrected chi connectivity index (χ1v) is 8.71. The smallest absolute Gasteiger partial charge is 0.228 e. The number of carbonyl (C=O) groups is 1. The van der Waals surface area contributed by atoms with Crippen LogP contribution in [0.2, 0.25) is 0 Å². The Morgan fingerprint density at radius 3 is 2.92 bits per heavy atom. The fourth-order valence-electron chi connectivity index (χ4n) is 3.37. The van der Waals surface area contributed by atoms with E-state index in [-0.39, 0.29) is 17.9 Å². The maximum Gasteiger partial charge on any atom is 0.228 e. The molecule has 3 rings (SSSR count). The first-order valence-electron chi connectivity index (χ1n) is 8.71. The minimum absolute atomic E-state index is 0.00874. The van der Waals surface area contributed by atoms with Crippen molar-refractivity contribution in [3.63, 3.8) is 0 Å². The Kier molecular flexibility index (Phi) is 5.35. The van der Waals surface area contributed by atoms with Crippen LogP contribution in [0.1, 0.15) is 19.4 Å². The van der Waals surface area contributed by atoms with E-state index in [2.05, 4.69) is 22.4 Å². The zero-order valence-corrected chi connectivity index (χ0v) is 15.1. The van der Waals surface area contributed by atoms with Crippen LogP contribution in [0.15, 0.2) is 36.5 Å². The summed E-state index contributed by atoms with van der Waals surface area (Å²) >= 11 is 0. The Bertz CT molecular complexity index is 739. The van der Waals surface area contributed by atoms with Crippen LogP contribution in [0, 0.1) is 11.3 Å². The van der Waals surface area contributed by atoms with Crippen LogP contribution in [0.3, 0.4) is 0 Å². The normalized spacial score (nSPS) is 20.8. The molecule has 1 amide bonds. The van der Waals surface area contributed by atoms with Gasteiger partial charge in [0.2, 0.25) is 5.91 Å². The van der Waals surface area contributed by atoms with E-state index in [0.717, 1.165) is 11.9 Å². The number of amides is 1. The van der Waals surface area contributed by atoms with Gasteiger partial charge < -0.3 is 14.8 Å². The number of methoxy groups -OCH3 is 1. The van der Waals surface area contributed by atoms with Gasteiger partial charge in [0, 0.05) is 24.6 Å². The number of nitrogens with zero attached hydrogens (tertiary/aromatic N) is 1. The Labute approximate surface area is 148 Å². The SMILES string of the molecule is COCC(C)(C)C(=O)NC1COCC1Cc1ccnc2ccccc12. The number of ether oxygens (including phenoxy) is 2. The Balaban J connectivity index is 1.72. The first-order chi connectivity index (χ1) is 12.0. The second kappa shape index (κ2) is 7.50. The molecule has 134 valence electrons. The highest BCUT2D eigenvalue weighted by molar-refractivity contribution is 5.83. The number of pyridine rings is 1. The highest BCUT2D eigenvalue weighted by Crippen LogP contribution is 2.25. The lowest BCUT2D eigenvalue weighted by Crippen LogP contribution is -2.47. The van der Waals surface area contributed by atoms with E-state index in [1.165, 1.54) is 10.9 Å². The van der Waals surface area contributed by atoms with Crippen molar-refractivity contribution < 1.29 is 14.3 Å². The van der Waals surface area contributed by atoms with E-state index < -0.39 is 5.41 Å². The number of carbonyl (C=O) groups excluding carboxylic acids is 1.